The van der Waals surface area contributed by atoms with Crippen molar-refractivity contribution in [2.45, 2.75) is 32.1 Å². The van der Waals surface area contributed by atoms with Crippen LogP contribution < -0.4 is 11.1 Å². The summed E-state index contributed by atoms with van der Waals surface area (Å²) in [5, 5.41) is 2.57. The maximum absolute atomic E-state index is 13.4. The SMILES string of the molecule is NCCCCCCC(=O)Nc1cc(Br)ccc1F. The van der Waals surface area contributed by atoms with Crippen LogP contribution in [0.5, 0.6) is 0 Å². The number of nitrogens with two attached hydrogens (primary N) is 1. The Morgan fingerprint density at radius 2 is 2.00 bits per heavy atom. The van der Waals surface area contributed by atoms with Gasteiger partial charge in [-0.2, -0.15) is 0 Å². The van der Waals surface area contributed by atoms with E-state index in [4.69, 9.17) is 5.73 Å². The first kappa shape index (κ1) is 15.1. The Morgan fingerprint density at radius 3 is 2.72 bits per heavy atom. The van der Waals surface area contributed by atoms with Crippen LogP contribution in [-0.2, 0) is 4.79 Å². The van der Waals surface area contributed by atoms with Crippen molar-refractivity contribution in [1.82, 2.24) is 0 Å². The number of anilines is 1. The molecule has 0 unspecified atom stereocenters. The standard InChI is InChI=1S/C13H18BrFN2O/c14-10-6-7-11(15)12(9-10)17-13(18)5-3-1-2-4-8-16/h6-7,9H,1-5,8,16H2,(H,17,18). The van der Waals surface area contributed by atoms with E-state index in [0.717, 1.165) is 30.2 Å². The second kappa shape index (κ2) is 8.21. The highest BCUT2D eigenvalue weighted by atomic mass is 79.9. The number of amides is 1. The van der Waals surface area contributed by atoms with E-state index in [9.17, 15) is 9.18 Å². The lowest BCUT2D eigenvalue weighted by atomic mass is 10.1. The van der Waals surface area contributed by atoms with E-state index in [1.54, 1.807) is 12.1 Å². The summed E-state index contributed by atoms with van der Waals surface area (Å²) < 4.78 is 14.1. The van der Waals surface area contributed by atoms with Crippen molar-refractivity contribution >= 4 is 27.5 Å². The molecular formula is C13H18BrFN2O. The van der Waals surface area contributed by atoms with Gasteiger partial charge in [0.1, 0.15) is 5.82 Å². The molecule has 1 amide bonds. The van der Waals surface area contributed by atoms with Gasteiger partial charge in [-0.3, -0.25) is 4.79 Å². The van der Waals surface area contributed by atoms with E-state index in [-0.39, 0.29) is 11.6 Å². The van der Waals surface area contributed by atoms with Gasteiger partial charge in [-0.05, 0) is 37.6 Å². The molecule has 0 spiro atoms. The van der Waals surface area contributed by atoms with Gasteiger partial charge in [-0.25, -0.2) is 4.39 Å². The fourth-order valence-electron chi connectivity index (χ4n) is 1.59. The number of halogens is 2. The minimum atomic E-state index is -0.422. The third kappa shape index (κ3) is 5.60. The van der Waals surface area contributed by atoms with E-state index in [1.165, 1.54) is 6.07 Å². The normalized spacial score (nSPS) is 10.4. The zero-order chi connectivity index (χ0) is 13.4. The van der Waals surface area contributed by atoms with Crippen LogP contribution in [-0.4, -0.2) is 12.5 Å². The van der Waals surface area contributed by atoms with Crippen molar-refractivity contribution in [3.8, 4) is 0 Å². The molecule has 3 N–H and O–H groups in total. The van der Waals surface area contributed by atoms with Gasteiger partial charge in [0.15, 0.2) is 0 Å². The number of hydrogen-bond acceptors (Lipinski definition) is 2. The third-order valence-electron chi connectivity index (χ3n) is 2.56. The van der Waals surface area contributed by atoms with Crippen molar-refractivity contribution < 1.29 is 9.18 Å². The molecule has 1 aromatic carbocycles. The van der Waals surface area contributed by atoms with Crippen LogP contribution in [0.15, 0.2) is 22.7 Å². The van der Waals surface area contributed by atoms with Gasteiger partial charge >= 0.3 is 0 Å². The molecule has 18 heavy (non-hydrogen) atoms. The van der Waals surface area contributed by atoms with Gasteiger partial charge in [-0.1, -0.05) is 28.8 Å². The molecule has 5 heteroatoms. The topological polar surface area (TPSA) is 55.1 Å². The Morgan fingerprint density at radius 1 is 1.28 bits per heavy atom. The van der Waals surface area contributed by atoms with Gasteiger partial charge in [0.2, 0.25) is 5.91 Å². The van der Waals surface area contributed by atoms with Crippen LogP contribution in [0.25, 0.3) is 0 Å². The minimum absolute atomic E-state index is 0.153. The quantitative estimate of drug-likeness (QED) is 0.757. The number of unbranched alkanes of at least 4 members (excludes halogenated alkanes) is 3. The molecule has 0 bridgehead atoms. The molecule has 0 heterocycles. The summed E-state index contributed by atoms with van der Waals surface area (Å²) >= 11 is 3.24. The van der Waals surface area contributed by atoms with Crippen LogP contribution in [0.4, 0.5) is 10.1 Å². The molecule has 0 aromatic heterocycles. The Balaban J connectivity index is 2.33. The first-order valence-corrected chi connectivity index (χ1v) is 6.87. The maximum atomic E-state index is 13.4. The molecule has 0 fully saturated rings. The lowest BCUT2D eigenvalue weighted by molar-refractivity contribution is -0.116. The number of hydrogen-bond donors (Lipinski definition) is 2. The molecule has 0 saturated heterocycles. The zero-order valence-corrected chi connectivity index (χ0v) is 11.8. The van der Waals surface area contributed by atoms with Gasteiger partial charge in [0.25, 0.3) is 0 Å². The first-order valence-electron chi connectivity index (χ1n) is 6.08. The molecule has 1 aromatic rings. The maximum Gasteiger partial charge on any atom is 0.224 e. The Kier molecular flexibility index (Phi) is 6.90. The molecule has 0 aliphatic rings. The van der Waals surface area contributed by atoms with Crippen molar-refractivity contribution in [3.63, 3.8) is 0 Å². The summed E-state index contributed by atoms with van der Waals surface area (Å²) in [6.07, 6.45) is 4.22. The molecule has 0 atom stereocenters. The predicted octanol–water partition coefficient (Wildman–Crippen LogP) is 3.44. The average molecular weight is 317 g/mol. The largest absolute Gasteiger partial charge is 0.330 e. The van der Waals surface area contributed by atoms with E-state index >= 15 is 0 Å². The van der Waals surface area contributed by atoms with E-state index in [1.807, 2.05) is 0 Å². The number of carbonyl (C=O) groups is 1. The van der Waals surface area contributed by atoms with E-state index in [2.05, 4.69) is 21.2 Å². The van der Waals surface area contributed by atoms with Crippen molar-refractivity contribution in [1.29, 1.82) is 0 Å². The van der Waals surface area contributed by atoms with Crippen LogP contribution in [0.3, 0.4) is 0 Å². The summed E-state index contributed by atoms with van der Waals surface area (Å²) in [5.74, 6) is -0.575. The second-order valence-electron chi connectivity index (χ2n) is 4.13. The van der Waals surface area contributed by atoms with Crippen molar-refractivity contribution in [3.05, 3.63) is 28.5 Å². The second-order valence-corrected chi connectivity index (χ2v) is 5.04. The predicted molar refractivity (Wildman–Crippen MR) is 74.9 cm³/mol. The lowest BCUT2D eigenvalue weighted by Crippen LogP contribution is -2.12. The number of benzene rings is 1. The zero-order valence-electron chi connectivity index (χ0n) is 10.2. The van der Waals surface area contributed by atoms with Gasteiger partial charge in [0.05, 0.1) is 5.69 Å². The number of carbonyl (C=O) groups excluding carboxylic acids is 1. The highest BCUT2D eigenvalue weighted by Crippen LogP contribution is 2.20. The molecule has 100 valence electrons. The Labute approximate surface area is 115 Å². The summed E-state index contributed by atoms with van der Waals surface area (Å²) in [6.45, 7) is 0.690. The molecule has 0 saturated carbocycles. The van der Waals surface area contributed by atoms with Gasteiger partial charge in [0, 0.05) is 10.9 Å². The molecule has 0 radical (unpaired) electrons. The highest BCUT2D eigenvalue weighted by molar-refractivity contribution is 9.10. The van der Waals surface area contributed by atoms with E-state index in [0.29, 0.717) is 13.0 Å². The Hall–Kier alpha value is -0.940. The van der Waals surface area contributed by atoms with Crippen LogP contribution in [0.2, 0.25) is 0 Å². The first-order chi connectivity index (χ1) is 8.63. The summed E-state index contributed by atoms with van der Waals surface area (Å²) in [6, 6.07) is 4.47. The monoisotopic (exact) mass is 316 g/mol. The molecule has 0 aliphatic carbocycles. The fourth-order valence-corrected chi connectivity index (χ4v) is 1.95. The minimum Gasteiger partial charge on any atom is -0.330 e. The van der Waals surface area contributed by atoms with Crippen LogP contribution in [0, 0.1) is 5.82 Å². The molecule has 3 nitrogen and oxygen atoms in total. The molecule has 1 rings (SSSR count). The molecular weight excluding hydrogens is 299 g/mol. The van der Waals surface area contributed by atoms with Crippen molar-refractivity contribution in [2.75, 3.05) is 11.9 Å². The summed E-state index contributed by atoms with van der Waals surface area (Å²) in [5.41, 5.74) is 5.60. The smallest absolute Gasteiger partial charge is 0.224 e. The number of rotatable bonds is 7. The molecule has 0 aliphatic heterocycles. The summed E-state index contributed by atoms with van der Waals surface area (Å²) in [7, 11) is 0. The summed E-state index contributed by atoms with van der Waals surface area (Å²) in [4.78, 5) is 11.6. The highest BCUT2D eigenvalue weighted by Gasteiger charge is 2.07. The third-order valence-corrected chi connectivity index (χ3v) is 3.05. The Bertz CT molecular complexity index is 399. The lowest BCUT2D eigenvalue weighted by Gasteiger charge is -2.06. The van der Waals surface area contributed by atoms with Crippen LogP contribution >= 0.6 is 15.9 Å². The van der Waals surface area contributed by atoms with Crippen molar-refractivity contribution in [2.24, 2.45) is 5.73 Å². The average Bonchev–Trinajstić information content (AvgIpc) is 2.33. The van der Waals surface area contributed by atoms with Gasteiger partial charge < -0.3 is 11.1 Å². The fraction of sp³-hybridized carbons (Fsp3) is 0.462. The van der Waals surface area contributed by atoms with Gasteiger partial charge in [-0.15, -0.1) is 0 Å². The number of nitrogens with one attached hydrogen (secondary N) is 1. The van der Waals surface area contributed by atoms with E-state index < -0.39 is 5.82 Å². The van der Waals surface area contributed by atoms with Crippen LogP contribution in [0.1, 0.15) is 32.1 Å².